The van der Waals surface area contributed by atoms with Gasteiger partial charge in [0.25, 0.3) is 0 Å². The molecule has 0 aromatic carbocycles. The molecular weight excluding hydrogens is 324 g/mol. The average Bonchev–Trinajstić information content (AvgIpc) is 2.97. The molecule has 3 aliphatic rings. The Balaban J connectivity index is 1.61. The second-order valence-corrected chi connectivity index (χ2v) is 8.05. The van der Waals surface area contributed by atoms with Crippen LogP contribution in [0.5, 0.6) is 0 Å². The van der Waals surface area contributed by atoms with Gasteiger partial charge in [-0.2, -0.15) is 4.98 Å². The number of rotatable bonds is 4. The number of fused-ring (bicyclic) bond motifs is 1. The maximum Gasteiger partial charge on any atom is 0.225 e. The molecule has 3 heterocycles. The lowest BCUT2D eigenvalue weighted by molar-refractivity contribution is 0.360. The number of hydrogen-bond acceptors (Lipinski definition) is 6. The van der Waals surface area contributed by atoms with Crippen molar-refractivity contribution in [2.24, 2.45) is 0 Å². The van der Waals surface area contributed by atoms with Crippen molar-refractivity contribution in [3.8, 4) is 0 Å². The number of anilines is 2. The van der Waals surface area contributed by atoms with Crippen LogP contribution < -0.4 is 20.9 Å². The van der Waals surface area contributed by atoms with E-state index in [1.54, 1.807) is 0 Å². The third kappa shape index (κ3) is 3.96. The normalized spacial score (nSPS) is 26.9. The first-order valence-corrected chi connectivity index (χ1v) is 10.6. The molecule has 2 unspecified atom stereocenters. The van der Waals surface area contributed by atoms with E-state index < -0.39 is 0 Å². The first-order valence-electron chi connectivity index (χ1n) is 10.6. The van der Waals surface area contributed by atoms with Crippen LogP contribution in [0.1, 0.15) is 62.6 Å². The van der Waals surface area contributed by atoms with E-state index >= 15 is 0 Å². The molecule has 1 aliphatic carbocycles. The predicted octanol–water partition coefficient (Wildman–Crippen LogP) is 2.45. The molecule has 0 radical (unpaired) electrons. The summed E-state index contributed by atoms with van der Waals surface area (Å²) in [4.78, 5) is 12.5. The van der Waals surface area contributed by atoms with Gasteiger partial charge in [0.2, 0.25) is 5.95 Å². The second kappa shape index (κ2) is 8.53. The van der Waals surface area contributed by atoms with Gasteiger partial charge in [-0.05, 0) is 32.7 Å². The summed E-state index contributed by atoms with van der Waals surface area (Å²) in [5.41, 5.74) is 2.58. The first kappa shape index (κ1) is 18.0. The molecule has 2 atom stereocenters. The second-order valence-electron chi connectivity index (χ2n) is 8.05. The number of nitrogens with one attached hydrogen (secondary N) is 3. The van der Waals surface area contributed by atoms with E-state index in [1.807, 2.05) is 0 Å². The molecule has 6 heteroatoms. The SMILES string of the molecule is CNC1CCCCC1Nc1nc2c(c(N3CCCCCC3)n1)CNCC2. The Morgan fingerprint density at radius 3 is 2.50 bits per heavy atom. The van der Waals surface area contributed by atoms with Gasteiger partial charge in [0.1, 0.15) is 5.82 Å². The van der Waals surface area contributed by atoms with Gasteiger partial charge >= 0.3 is 0 Å². The Hall–Kier alpha value is -1.40. The van der Waals surface area contributed by atoms with Gasteiger partial charge in [-0.3, -0.25) is 0 Å². The molecule has 26 heavy (non-hydrogen) atoms. The molecule has 2 aliphatic heterocycles. The quantitative estimate of drug-likeness (QED) is 0.768. The van der Waals surface area contributed by atoms with Gasteiger partial charge in [0.05, 0.1) is 5.69 Å². The van der Waals surface area contributed by atoms with Crippen molar-refractivity contribution in [2.45, 2.75) is 76.4 Å². The highest BCUT2D eigenvalue weighted by atomic mass is 15.2. The number of nitrogens with zero attached hydrogens (tertiary/aromatic N) is 3. The number of likely N-dealkylation sites (N-methyl/N-ethyl adjacent to an activating group) is 1. The van der Waals surface area contributed by atoms with Crippen LogP contribution in [0.3, 0.4) is 0 Å². The molecule has 4 rings (SSSR count). The highest BCUT2D eigenvalue weighted by Crippen LogP contribution is 2.28. The van der Waals surface area contributed by atoms with Crippen molar-refractivity contribution in [3.63, 3.8) is 0 Å². The maximum atomic E-state index is 5.05. The summed E-state index contributed by atoms with van der Waals surface area (Å²) in [6.07, 6.45) is 11.3. The fourth-order valence-electron chi connectivity index (χ4n) is 4.75. The topological polar surface area (TPSA) is 65.1 Å². The van der Waals surface area contributed by atoms with Crippen LogP contribution in [0.4, 0.5) is 11.8 Å². The first-order chi connectivity index (χ1) is 12.8. The van der Waals surface area contributed by atoms with Crippen molar-refractivity contribution >= 4 is 11.8 Å². The van der Waals surface area contributed by atoms with Crippen LogP contribution in [-0.4, -0.2) is 48.7 Å². The molecule has 1 aromatic heterocycles. The van der Waals surface area contributed by atoms with Crippen LogP contribution in [-0.2, 0) is 13.0 Å². The molecule has 2 fully saturated rings. The molecule has 1 saturated carbocycles. The lowest BCUT2D eigenvalue weighted by atomic mass is 9.90. The molecule has 0 spiro atoms. The summed E-state index contributed by atoms with van der Waals surface area (Å²) < 4.78 is 0. The molecule has 144 valence electrons. The number of aromatic nitrogens is 2. The molecular formula is C20H34N6. The lowest BCUT2D eigenvalue weighted by Crippen LogP contribution is -2.45. The van der Waals surface area contributed by atoms with E-state index in [4.69, 9.17) is 9.97 Å². The van der Waals surface area contributed by atoms with Gasteiger partial charge in [0, 0.05) is 50.2 Å². The highest BCUT2D eigenvalue weighted by molar-refractivity contribution is 5.54. The van der Waals surface area contributed by atoms with E-state index in [9.17, 15) is 0 Å². The minimum atomic E-state index is 0.436. The van der Waals surface area contributed by atoms with Crippen LogP contribution >= 0.6 is 0 Å². The third-order valence-corrected chi connectivity index (χ3v) is 6.27. The number of hydrogen-bond donors (Lipinski definition) is 3. The van der Waals surface area contributed by atoms with Gasteiger partial charge in [-0.25, -0.2) is 4.98 Å². The summed E-state index contributed by atoms with van der Waals surface area (Å²) in [5.74, 6) is 2.03. The fourth-order valence-corrected chi connectivity index (χ4v) is 4.75. The third-order valence-electron chi connectivity index (χ3n) is 6.27. The van der Waals surface area contributed by atoms with Gasteiger partial charge in [-0.15, -0.1) is 0 Å². The van der Waals surface area contributed by atoms with E-state index in [-0.39, 0.29) is 0 Å². The Kier molecular flexibility index (Phi) is 5.90. The average molecular weight is 359 g/mol. The van der Waals surface area contributed by atoms with Gasteiger partial charge in [-0.1, -0.05) is 25.7 Å². The Morgan fingerprint density at radius 1 is 0.962 bits per heavy atom. The van der Waals surface area contributed by atoms with E-state index in [2.05, 4.69) is 27.9 Å². The van der Waals surface area contributed by atoms with Crippen LogP contribution in [0.15, 0.2) is 0 Å². The maximum absolute atomic E-state index is 5.05. The molecule has 6 nitrogen and oxygen atoms in total. The Morgan fingerprint density at radius 2 is 1.73 bits per heavy atom. The lowest BCUT2D eigenvalue weighted by Gasteiger charge is -2.33. The summed E-state index contributed by atoms with van der Waals surface area (Å²) in [5, 5.41) is 10.7. The predicted molar refractivity (Wildman–Crippen MR) is 107 cm³/mol. The molecule has 0 amide bonds. The highest BCUT2D eigenvalue weighted by Gasteiger charge is 2.27. The van der Waals surface area contributed by atoms with Crippen LogP contribution in [0, 0.1) is 0 Å². The van der Waals surface area contributed by atoms with E-state index in [0.717, 1.165) is 38.5 Å². The Labute approximate surface area is 157 Å². The molecule has 1 aromatic rings. The van der Waals surface area contributed by atoms with Crippen molar-refractivity contribution in [3.05, 3.63) is 11.3 Å². The van der Waals surface area contributed by atoms with E-state index in [1.165, 1.54) is 68.4 Å². The molecule has 3 N–H and O–H groups in total. The zero-order chi connectivity index (χ0) is 17.8. The molecule has 0 bridgehead atoms. The minimum Gasteiger partial charge on any atom is -0.356 e. The smallest absolute Gasteiger partial charge is 0.225 e. The van der Waals surface area contributed by atoms with Gasteiger partial charge < -0.3 is 20.9 Å². The monoisotopic (exact) mass is 358 g/mol. The van der Waals surface area contributed by atoms with Crippen LogP contribution in [0.2, 0.25) is 0 Å². The summed E-state index contributed by atoms with van der Waals surface area (Å²) in [6.45, 7) is 4.19. The summed E-state index contributed by atoms with van der Waals surface area (Å²) in [6, 6.07) is 0.956. The van der Waals surface area contributed by atoms with Gasteiger partial charge in [0.15, 0.2) is 0 Å². The van der Waals surface area contributed by atoms with Crippen molar-refractivity contribution in [1.82, 2.24) is 20.6 Å². The zero-order valence-corrected chi connectivity index (χ0v) is 16.2. The minimum absolute atomic E-state index is 0.436. The fraction of sp³-hybridized carbons (Fsp3) is 0.800. The summed E-state index contributed by atoms with van der Waals surface area (Å²) in [7, 11) is 2.08. The van der Waals surface area contributed by atoms with E-state index in [0.29, 0.717) is 12.1 Å². The van der Waals surface area contributed by atoms with Crippen molar-refractivity contribution < 1.29 is 0 Å². The molecule has 1 saturated heterocycles. The Bertz CT molecular complexity index is 596. The van der Waals surface area contributed by atoms with Crippen molar-refractivity contribution in [2.75, 3.05) is 36.9 Å². The largest absolute Gasteiger partial charge is 0.356 e. The zero-order valence-electron chi connectivity index (χ0n) is 16.2. The van der Waals surface area contributed by atoms with Crippen LogP contribution in [0.25, 0.3) is 0 Å². The standard InChI is InChI=1S/C20H34N6/c1-21-17-8-4-5-9-18(17)24-20-23-16-10-11-22-14-15(16)19(25-20)26-12-6-2-3-7-13-26/h17-18,21-22H,2-14H2,1H3,(H,23,24,25). The summed E-state index contributed by atoms with van der Waals surface area (Å²) >= 11 is 0. The van der Waals surface area contributed by atoms with Crippen molar-refractivity contribution in [1.29, 1.82) is 0 Å².